The topological polar surface area (TPSA) is 76.4 Å². The van der Waals surface area contributed by atoms with Gasteiger partial charge in [-0.15, -0.1) is 0 Å². The Balaban J connectivity index is 1.93. The summed E-state index contributed by atoms with van der Waals surface area (Å²) in [6.07, 6.45) is -0.883. The normalized spacial score (nSPS) is 12.5. The molecule has 0 spiro atoms. The van der Waals surface area contributed by atoms with Gasteiger partial charge in [0.2, 0.25) is 5.78 Å². The van der Waals surface area contributed by atoms with Crippen LogP contribution in [0, 0.1) is 11.3 Å². The molecular formula is C21H21NO4. The number of carbonyl (C=O) groups is 2. The standard InChI is InChI=1S/C21H21NO4/c1-4-16-5-9-18(10-6-16)20(23)14(2)26-21(24)15(3)25-19-11-7-17(13-22)8-12-19/h5-12,14-15H,4H2,1-3H3/t14-,15-/m0/s1. The number of esters is 1. The van der Waals surface area contributed by atoms with Crippen LogP contribution in [0.3, 0.4) is 0 Å². The number of rotatable bonds is 7. The lowest BCUT2D eigenvalue weighted by atomic mass is 10.0. The predicted octanol–water partition coefficient (Wildman–Crippen LogP) is 3.70. The monoisotopic (exact) mass is 351 g/mol. The van der Waals surface area contributed by atoms with E-state index in [9.17, 15) is 9.59 Å². The minimum atomic E-state index is -0.901. The average Bonchev–Trinajstić information content (AvgIpc) is 2.67. The summed E-state index contributed by atoms with van der Waals surface area (Å²) in [5.41, 5.74) is 2.14. The summed E-state index contributed by atoms with van der Waals surface area (Å²) in [4.78, 5) is 24.5. The van der Waals surface area contributed by atoms with Crippen LogP contribution in [0.4, 0.5) is 0 Å². The van der Waals surface area contributed by atoms with E-state index >= 15 is 0 Å². The number of nitrogens with zero attached hydrogens (tertiary/aromatic N) is 1. The number of ether oxygens (including phenoxy) is 2. The molecule has 0 amide bonds. The van der Waals surface area contributed by atoms with Gasteiger partial charge in [-0.05, 0) is 50.1 Å². The third kappa shape index (κ3) is 4.93. The van der Waals surface area contributed by atoms with E-state index in [2.05, 4.69) is 0 Å². The predicted molar refractivity (Wildman–Crippen MR) is 97.0 cm³/mol. The van der Waals surface area contributed by atoms with Gasteiger partial charge in [-0.25, -0.2) is 4.79 Å². The Hall–Kier alpha value is -3.13. The van der Waals surface area contributed by atoms with Crippen molar-refractivity contribution in [2.24, 2.45) is 0 Å². The Bertz CT molecular complexity index is 803. The quantitative estimate of drug-likeness (QED) is 0.561. The van der Waals surface area contributed by atoms with Crippen molar-refractivity contribution in [2.75, 3.05) is 0 Å². The maximum absolute atomic E-state index is 12.4. The third-order valence-corrected chi connectivity index (χ3v) is 3.94. The summed E-state index contributed by atoms with van der Waals surface area (Å²) in [6.45, 7) is 5.13. The fraction of sp³-hybridized carbons (Fsp3) is 0.286. The van der Waals surface area contributed by atoms with E-state index in [1.165, 1.54) is 0 Å². The second-order valence-electron chi connectivity index (χ2n) is 5.89. The van der Waals surface area contributed by atoms with Crippen LogP contribution in [0.1, 0.15) is 42.3 Å². The van der Waals surface area contributed by atoms with Crippen LogP contribution in [0.5, 0.6) is 5.75 Å². The molecule has 0 bridgehead atoms. The van der Waals surface area contributed by atoms with Crippen molar-refractivity contribution in [3.8, 4) is 11.8 Å². The van der Waals surface area contributed by atoms with Crippen molar-refractivity contribution in [1.29, 1.82) is 5.26 Å². The minimum Gasteiger partial charge on any atom is -0.479 e. The largest absolute Gasteiger partial charge is 0.479 e. The fourth-order valence-corrected chi connectivity index (χ4v) is 2.32. The summed E-state index contributed by atoms with van der Waals surface area (Å²) in [7, 11) is 0. The molecular weight excluding hydrogens is 330 g/mol. The molecule has 0 N–H and O–H groups in total. The number of benzene rings is 2. The molecule has 0 aliphatic rings. The van der Waals surface area contributed by atoms with Gasteiger partial charge in [0.25, 0.3) is 0 Å². The number of hydrogen-bond donors (Lipinski definition) is 0. The molecule has 0 unspecified atom stereocenters. The van der Waals surface area contributed by atoms with E-state index in [1.807, 2.05) is 25.1 Å². The van der Waals surface area contributed by atoms with Crippen molar-refractivity contribution >= 4 is 11.8 Å². The van der Waals surface area contributed by atoms with Gasteiger partial charge in [0, 0.05) is 5.56 Å². The zero-order valence-electron chi connectivity index (χ0n) is 15.1. The van der Waals surface area contributed by atoms with Crippen molar-refractivity contribution in [3.05, 3.63) is 65.2 Å². The smallest absolute Gasteiger partial charge is 0.347 e. The summed E-state index contributed by atoms with van der Waals surface area (Å²) in [6, 6.07) is 15.7. The van der Waals surface area contributed by atoms with Crippen LogP contribution in [0.25, 0.3) is 0 Å². The van der Waals surface area contributed by atoms with E-state index in [0.717, 1.165) is 12.0 Å². The van der Waals surface area contributed by atoms with Gasteiger partial charge in [0.05, 0.1) is 11.6 Å². The lowest BCUT2D eigenvalue weighted by Gasteiger charge is -2.17. The fourth-order valence-electron chi connectivity index (χ4n) is 2.32. The van der Waals surface area contributed by atoms with Crippen molar-refractivity contribution in [3.63, 3.8) is 0 Å². The van der Waals surface area contributed by atoms with Gasteiger partial charge in [-0.3, -0.25) is 4.79 Å². The molecule has 0 aromatic heterocycles. The minimum absolute atomic E-state index is 0.258. The van der Waals surface area contributed by atoms with E-state index < -0.39 is 18.2 Å². The Morgan fingerprint density at radius 3 is 2.15 bits per heavy atom. The van der Waals surface area contributed by atoms with Crippen LogP contribution in [0.15, 0.2) is 48.5 Å². The molecule has 0 fully saturated rings. The highest BCUT2D eigenvalue weighted by Crippen LogP contribution is 2.15. The van der Waals surface area contributed by atoms with Gasteiger partial charge >= 0.3 is 5.97 Å². The zero-order chi connectivity index (χ0) is 19.1. The maximum Gasteiger partial charge on any atom is 0.347 e. The molecule has 5 nitrogen and oxygen atoms in total. The highest BCUT2D eigenvalue weighted by Gasteiger charge is 2.24. The van der Waals surface area contributed by atoms with Crippen LogP contribution in [0.2, 0.25) is 0 Å². The molecule has 0 saturated carbocycles. The zero-order valence-corrected chi connectivity index (χ0v) is 15.1. The van der Waals surface area contributed by atoms with Crippen molar-refractivity contribution in [1.82, 2.24) is 0 Å². The maximum atomic E-state index is 12.4. The molecule has 5 heteroatoms. The SMILES string of the molecule is CCc1ccc(C(=O)[C@H](C)OC(=O)[C@H](C)Oc2ccc(C#N)cc2)cc1. The Morgan fingerprint density at radius 2 is 1.62 bits per heavy atom. The Kier molecular flexibility index (Phi) is 6.51. The number of hydrogen-bond acceptors (Lipinski definition) is 5. The van der Waals surface area contributed by atoms with E-state index in [0.29, 0.717) is 16.9 Å². The molecule has 0 radical (unpaired) electrons. The summed E-state index contributed by atoms with van der Waals surface area (Å²) in [5.74, 6) is -0.436. The Morgan fingerprint density at radius 1 is 1.00 bits per heavy atom. The molecule has 0 aliphatic heterocycles. The van der Waals surface area contributed by atoms with E-state index in [1.54, 1.807) is 50.2 Å². The van der Waals surface area contributed by atoms with Gasteiger partial charge < -0.3 is 9.47 Å². The number of Topliss-reactive ketones (excluding diaryl/α,β-unsaturated/α-hetero) is 1. The molecule has 0 aliphatic carbocycles. The van der Waals surface area contributed by atoms with Crippen LogP contribution in [-0.4, -0.2) is 24.0 Å². The first-order chi connectivity index (χ1) is 12.4. The molecule has 134 valence electrons. The second kappa shape index (κ2) is 8.82. The van der Waals surface area contributed by atoms with Gasteiger partial charge in [0.1, 0.15) is 5.75 Å². The molecule has 0 saturated heterocycles. The number of carbonyl (C=O) groups excluding carboxylic acids is 2. The first-order valence-electron chi connectivity index (χ1n) is 8.45. The van der Waals surface area contributed by atoms with Crippen molar-refractivity contribution in [2.45, 2.75) is 39.4 Å². The first-order valence-corrected chi connectivity index (χ1v) is 8.45. The van der Waals surface area contributed by atoms with Gasteiger partial charge in [-0.1, -0.05) is 31.2 Å². The Labute approximate surface area is 153 Å². The highest BCUT2D eigenvalue weighted by molar-refractivity contribution is 6.00. The summed E-state index contributed by atoms with van der Waals surface area (Å²) in [5, 5.41) is 8.78. The molecule has 0 heterocycles. The molecule has 2 aromatic carbocycles. The lowest BCUT2D eigenvalue weighted by Crippen LogP contribution is -2.32. The molecule has 2 aromatic rings. The average molecular weight is 351 g/mol. The molecule has 2 rings (SSSR count). The molecule has 2 atom stereocenters. The highest BCUT2D eigenvalue weighted by atomic mass is 16.6. The van der Waals surface area contributed by atoms with Crippen LogP contribution >= 0.6 is 0 Å². The van der Waals surface area contributed by atoms with Crippen molar-refractivity contribution < 1.29 is 19.1 Å². The number of aryl methyl sites for hydroxylation is 1. The van der Waals surface area contributed by atoms with E-state index in [-0.39, 0.29) is 5.78 Å². The number of nitriles is 1. The number of ketones is 1. The van der Waals surface area contributed by atoms with Crippen LogP contribution in [-0.2, 0) is 16.0 Å². The third-order valence-electron chi connectivity index (χ3n) is 3.94. The van der Waals surface area contributed by atoms with Gasteiger partial charge in [-0.2, -0.15) is 5.26 Å². The first kappa shape index (κ1) is 19.2. The van der Waals surface area contributed by atoms with Gasteiger partial charge in [0.15, 0.2) is 12.2 Å². The molecule has 26 heavy (non-hydrogen) atoms. The van der Waals surface area contributed by atoms with Crippen LogP contribution < -0.4 is 4.74 Å². The lowest BCUT2D eigenvalue weighted by molar-refractivity contribution is -0.153. The van der Waals surface area contributed by atoms with E-state index in [4.69, 9.17) is 14.7 Å². The summed E-state index contributed by atoms with van der Waals surface area (Å²) < 4.78 is 10.7. The summed E-state index contributed by atoms with van der Waals surface area (Å²) >= 11 is 0. The second-order valence-corrected chi connectivity index (χ2v) is 5.89.